The van der Waals surface area contributed by atoms with Gasteiger partial charge in [0, 0.05) is 17.7 Å². The monoisotopic (exact) mass is 269 g/mol. The zero-order valence-corrected chi connectivity index (χ0v) is 10.0. The first kappa shape index (κ1) is 13.5. The number of nitrogens with one attached hydrogen (secondary N) is 1. The lowest BCUT2D eigenvalue weighted by Gasteiger charge is -2.11. The van der Waals surface area contributed by atoms with Crippen LogP contribution < -0.4 is 5.32 Å². The normalized spacial score (nSPS) is 22.2. The number of amides is 1. The topological polar surface area (TPSA) is 66.4 Å². The van der Waals surface area contributed by atoms with E-state index in [1.54, 1.807) is 0 Å². The van der Waals surface area contributed by atoms with Crippen LogP contribution in [0.3, 0.4) is 0 Å². The van der Waals surface area contributed by atoms with Crippen molar-refractivity contribution >= 4 is 17.6 Å². The first-order valence-corrected chi connectivity index (χ1v) is 5.96. The van der Waals surface area contributed by atoms with Crippen LogP contribution in [0.15, 0.2) is 18.2 Å². The Morgan fingerprint density at radius 3 is 2.42 bits per heavy atom. The molecule has 0 saturated heterocycles. The number of carbonyl (C=O) groups is 2. The molecule has 1 fully saturated rings. The summed E-state index contributed by atoms with van der Waals surface area (Å²) in [4.78, 5) is 22.6. The van der Waals surface area contributed by atoms with Gasteiger partial charge in [0.2, 0.25) is 5.91 Å². The Kier molecular flexibility index (Phi) is 3.78. The number of carboxylic acids is 1. The van der Waals surface area contributed by atoms with E-state index in [0.29, 0.717) is 12.8 Å². The third-order valence-corrected chi connectivity index (χ3v) is 3.34. The fourth-order valence-electron chi connectivity index (χ4n) is 2.26. The van der Waals surface area contributed by atoms with Crippen LogP contribution in [0.5, 0.6) is 0 Å². The molecule has 2 rings (SSSR count). The Morgan fingerprint density at radius 1 is 1.16 bits per heavy atom. The molecule has 0 spiro atoms. The average molecular weight is 269 g/mol. The van der Waals surface area contributed by atoms with Crippen LogP contribution >= 0.6 is 0 Å². The molecular formula is C13H13F2NO3. The maximum atomic E-state index is 13.0. The largest absolute Gasteiger partial charge is 0.481 e. The van der Waals surface area contributed by atoms with Crippen LogP contribution in [0.2, 0.25) is 0 Å². The van der Waals surface area contributed by atoms with Crippen molar-refractivity contribution in [3.63, 3.8) is 0 Å². The Balaban J connectivity index is 1.98. The van der Waals surface area contributed by atoms with E-state index in [0.717, 1.165) is 12.1 Å². The second kappa shape index (κ2) is 5.34. The number of rotatable bonds is 3. The number of hydrogen-bond acceptors (Lipinski definition) is 2. The van der Waals surface area contributed by atoms with E-state index in [-0.39, 0.29) is 18.0 Å². The molecule has 1 aliphatic carbocycles. The van der Waals surface area contributed by atoms with Gasteiger partial charge in [0.05, 0.1) is 5.92 Å². The molecule has 2 N–H and O–H groups in total. The molecule has 1 amide bonds. The Bertz CT molecular complexity index is 519. The van der Waals surface area contributed by atoms with E-state index < -0.39 is 29.4 Å². The summed E-state index contributed by atoms with van der Waals surface area (Å²) in [5, 5.41) is 11.3. The van der Waals surface area contributed by atoms with E-state index in [9.17, 15) is 18.4 Å². The lowest BCUT2D eigenvalue weighted by molar-refractivity contribution is -0.141. The molecule has 1 aliphatic rings. The second-order valence-corrected chi connectivity index (χ2v) is 4.66. The van der Waals surface area contributed by atoms with Crippen LogP contribution in [0.1, 0.15) is 19.3 Å². The first-order chi connectivity index (χ1) is 8.97. The number of carboxylic acid groups (broad SMARTS) is 1. The van der Waals surface area contributed by atoms with Gasteiger partial charge in [-0.2, -0.15) is 0 Å². The fourth-order valence-corrected chi connectivity index (χ4v) is 2.26. The van der Waals surface area contributed by atoms with E-state index in [1.165, 1.54) is 6.07 Å². The molecule has 1 aromatic rings. The predicted octanol–water partition coefficient (Wildman–Crippen LogP) is 2.40. The highest BCUT2D eigenvalue weighted by Gasteiger charge is 2.33. The van der Waals surface area contributed by atoms with Gasteiger partial charge in [-0.25, -0.2) is 8.78 Å². The van der Waals surface area contributed by atoms with Crippen molar-refractivity contribution < 1.29 is 23.5 Å². The van der Waals surface area contributed by atoms with Crippen molar-refractivity contribution in [1.82, 2.24) is 0 Å². The SMILES string of the molecule is O=C(O)C1CCC(C(=O)Nc2ccc(F)c(F)c2)C1. The van der Waals surface area contributed by atoms with Crippen molar-refractivity contribution in [2.45, 2.75) is 19.3 Å². The molecule has 2 atom stereocenters. The standard InChI is InChI=1S/C13H13F2NO3/c14-10-4-3-9(6-11(10)15)16-12(17)7-1-2-8(5-7)13(18)19/h3-4,6-8H,1-2,5H2,(H,16,17)(H,18,19). The van der Waals surface area contributed by atoms with E-state index >= 15 is 0 Å². The molecule has 0 heterocycles. The first-order valence-electron chi connectivity index (χ1n) is 5.96. The van der Waals surface area contributed by atoms with Crippen molar-refractivity contribution in [2.75, 3.05) is 5.32 Å². The Hall–Kier alpha value is -1.98. The minimum atomic E-state index is -1.03. The molecule has 0 radical (unpaired) electrons. The van der Waals surface area contributed by atoms with Crippen molar-refractivity contribution in [3.8, 4) is 0 Å². The predicted molar refractivity (Wildman–Crippen MR) is 63.5 cm³/mol. The minimum Gasteiger partial charge on any atom is -0.481 e. The molecule has 102 valence electrons. The number of aliphatic carboxylic acids is 1. The number of halogens is 2. The molecule has 4 nitrogen and oxygen atoms in total. The second-order valence-electron chi connectivity index (χ2n) is 4.66. The summed E-state index contributed by atoms with van der Waals surface area (Å²) < 4.78 is 25.7. The molecule has 19 heavy (non-hydrogen) atoms. The third-order valence-electron chi connectivity index (χ3n) is 3.34. The number of anilines is 1. The summed E-state index contributed by atoms with van der Waals surface area (Å²) in [7, 11) is 0. The van der Waals surface area contributed by atoms with Gasteiger partial charge in [0.1, 0.15) is 0 Å². The summed E-state index contributed by atoms with van der Waals surface area (Å²) in [5.74, 6) is -4.16. The smallest absolute Gasteiger partial charge is 0.306 e. The molecule has 2 unspecified atom stereocenters. The maximum Gasteiger partial charge on any atom is 0.306 e. The van der Waals surface area contributed by atoms with Crippen LogP contribution in [0.25, 0.3) is 0 Å². The number of hydrogen-bond donors (Lipinski definition) is 2. The van der Waals surface area contributed by atoms with E-state index in [2.05, 4.69) is 5.32 Å². The lowest BCUT2D eigenvalue weighted by Crippen LogP contribution is -2.21. The highest BCUT2D eigenvalue weighted by molar-refractivity contribution is 5.93. The number of benzene rings is 1. The fraction of sp³-hybridized carbons (Fsp3) is 0.385. The summed E-state index contributed by atoms with van der Waals surface area (Å²) in [5.41, 5.74) is 0.169. The van der Waals surface area contributed by atoms with Gasteiger partial charge in [0.25, 0.3) is 0 Å². The average Bonchev–Trinajstić information content (AvgIpc) is 2.83. The summed E-state index contributed by atoms with van der Waals surface area (Å²) in [6, 6.07) is 3.09. The third kappa shape index (κ3) is 3.07. The molecule has 0 aromatic heterocycles. The van der Waals surface area contributed by atoms with Gasteiger partial charge in [0.15, 0.2) is 11.6 Å². The van der Waals surface area contributed by atoms with Crippen LogP contribution in [0.4, 0.5) is 14.5 Å². The van der Waals surface area contributed by atoms with Gasteiger partial charge in [-0.05, 0) is 31.4 Å². The maximum absolute atomic E-state index is 13.0. The minimum absolute atomic E-state index is 0.169. The van der Waals surface area contributed by atoms with Gasteiger partial charge >= 0.3 is 5.97 Å². The highest BCUT2D eigenvalue weighted by Crippen LogP contribution is 2.32. The summed E-state index contributed by atoms with van der Waals surface area (Å²) >= 11 is 0. The van der Waals surface area contributed by atoms with E-state index in [4.69, 9.17) is 5.11 Å². The molecule has 1 saturated carbocycles. The van der Waals surface area contributed by atoms with Crippen LogP contribution in [0, 0.1) is 23.5 Å². The van der Waals surface area contributed by atoms with Gasteiger partial charge in [-0.3, -0.25) is 9.59 Å². The lowest BCUT2D eigenvalue weighted by atomic mass is 10.0. The van der Waals surface area contributed by atoms with Crippen molar-refractivity contribution in [3.05, 3.63) is 29.8 Å². The molecular weight excluding hydrogens is 256 g/mol. The summed E-state index contributed by atoms with van der Waals surface area (Å²) in [6.45, 7) is 0. The molecule has 0 bridgehead atoms. The van der Waals surface area contributed by atoms with Crippen LogP contribution in [-0.2, 0) is 9.59 Å². The van der Waals surface area contributed by atoms with Crippen molar-refractivity contribution in [1.29, 1.82) is 0 Å². The van der Waals surface area contributed by atoms with Gasteiger partial charge in [-0.15, -0.1) is 0 Å². The summed E-state index contributed by atoms with van der Waals surface area (Å²) in [6.07, 6.45) is 1.24. The molecule has 0 aliphatic heterocycles. The van der Waals surface area contributed by atoms with E-state index in [1.807, 2.05) is 0 Å². The zero-order chi connectivity index (χ0) is 14.0. The molecule has 1 aromatic carbocycles. The number of carbonyl (C=O) groups excluding carboxylic acids is 1. The zero-order valence-electron chi connectivity index (χ0n) is 10.0. The van der Waals surface area contributed by atoms with Crippen LogP contribution in [-0.4, -0.2) is 17.0 Å². The van der Waals surface area contributed by atoms with Gasteiger partial charge < -0.3 is 10.4 Å². The Morgan fingerprint density at radius 2 is 1.84 bits per heavy atom. The Labute approximate surface area is 108 Å². The highest BCUT2D eigenvalue weighted by atomic mass is 19.2. The molecule has 6 heteroatoms. The van der Waals surface area contributed by atoms with Crippen molar-refractivity contribution in [2.24, 2.45) is 11.8 Å². The quantitative estimate of drug-likeness (QED) is 0.885. The van der Waals surface area contributed by atoms with Gasteiger partial charge in [-0.1, -0.05) is 0 Å².